The third kappa shape index (κ3) is 3.38. The molecule has 0 unspecified atom stereocenters. The summed E-state index contributed by atoms with van der Waals surface area (Å²) in [4.78, 5) is 21.1. The number of carbonyl (C=O) groups is 1. The van der Waals surface area contributed by atoms with Crippen molar-refractivity contribution in [2.24, 2.45) is 5.73 Å². The molecule has 1 saturated heterocycles. The molecule has 1 aromatic carbocycles. The third-order valence-corrected chi connectivity index (χ3v) is 5.26. The highest BCUT2D eigenvalue weighted by Crippen LogP contribution is 2.28. The number of primary amides is 1. The minimum absolute atomic E-state index is 0.290. The van der Waals surface area contributed by atoms with E-state index >= 15 is 0 Å². The first-order valence-corrected chi connectivity index (χ1v) is 8.71. The number of hydrogen-bond donors (Lipinski definition) is 1. The number of nitrogens with zero attached hydrogens (tertiary/aromatic N) is 3. The van der Waals surface area contributed by atoms with Gasteiger partial charge in [0, 0.05) is 31.1 Å². The van der Waals surface area contributed by atoms with E-state index < -0.39 is 0 Å². The van der Waals surface area contributed by atoms with Gasteiger partial charge in [-0.2, -0.15) is 0 Å². The maximum atomic E-state index is 12.0. The van der Waals surface area contributed by atoms with E-state index in [4.69, 9.17) is 5.73 Å². The summed E-state index contributed by atoms with van der Waals surface area (Å²) in [5.41, 5.74) is 7.71. The fourth-order valence-electron chi connectivity index (χ4n) is 3.17. The molecule has 0 aliphatic carbocycles. The Bertz CT molecular complexity index is 672. The van der Waals surface area contributed by atoms with Gasteiger partial charge in [-0.3, -0.25) is 9.69 Å². The lowest BCUT2D eigenvalue weighted by atomic mass is 10.0. The molecule has 0 spiro atoms. The fourth-order valence-corrected chi connectivity index (χ4v) is 4.10. The van der Waals surface area contributed by atoms with E-state index in [-0.39, 0.29) is 11.9 Å². The standard InChI is InChI=1S/C17H22N4OS/c1-12-11-23-17(19-12)21-9-8-20(10-13(21)2)15(16(18)22)14-6-4-3-5-7-14/h3-7,11,13,15H,8-10H2,1-2H3,(H2,18,22)/t13-,15+/m1/s1. The maximum absolute atomic E-state index is 12.0. The van der Waals surface area contributed by atoms with Crippen molar-refractivity contribution in [3.8, 4) is 0 Å². The average Bonchev–Trinajstić information content (AvgIpc) is 2.94. The first-order valence-electron chi connectivity index (χ1n) is 7.83. The predicted molar refractivity (Wildman–Crippen MR) is 93.6 cm³/mol. The van der Waals surface area contributed by atoms with Gasteiger partial charge in [0.05, 0.1) is 5.69 Å². The number of aryl methyl sites for hydroxylation is 1. The Hall–Kier alpha value is -1.92. The zero-order valence-corrected chi connectivity index (χ0v) is 14.3. The number of aromatic nitrogens is 1. The Balaban J connectivity index is 1.76. The van der Waals surface area contributed by atoms with Crippen LogP contribution in [-0.2, 0) is 4.79 Å². The number of amides is 1. The lowest BCUT2D eigenvalue weighted by Crippen LogP contribution is -2.54. The van der Waals surface area contributed by atoms with Crippen molar-refractivity contribution in [1.82, 2.24) is 9.88 Å². The number of rotatable bonds is 4. The summed E-state index contributed by atoms with van der Waals surface area (Å²) in [6.45, 7) is 6.63. The highest BCUT2D eigenvalue weighted by Gasteiger charge is 2.32. The minimum atomic E-state index is -0.362. The quantitative estimate of drug-likeness (QED) is 0.933. The van der Waals surface area contributed by atoms with Crippen molar-refractivity contribution in [3.63, 3.8) is 0 Å². The van der Waals surface area contributed by atoms with Crippen LogP contribution in [0.2, 0.25) is 0 Å². The summed E-state index contributed by atoms with van der Waals surface area (Å²) >= 11 is 1.68. The maximum Gasteiger partial charge on any atom is 0.239 e. The van der Waals surface area contributed by atoms with Crippen molar-refractivity contribution < 1.29 is 4.79 Å². The van der Waals surface area contributed by atoms with E-state index in [2.05, 4.69) is 27.1 Å². The van der Waals surface area contributed by atoms with Crippen LogP contribution in [0.4, 0.5) is 5.13 Å². The van der Waals surface area contributed by atoms with Gasteiger partial charge in [-0.05, 0) is 19.4 Å². The number of thiazole rings is 1. The van der Waals surface area contributed by atoms with Crippen molar-refractivity contribution in [2.45, 2.75) is 25.9 Å². The van der Waals surface area contributed by atoms with Crippen LogP contribution < -0.4 is 10.6 Å². The molecule has 1 amide bonds. The average molecular weight is 330 g/mol. The third-order valence-electron chi connectivity index (χ3n) is 4.26. The Kier molecular flexibility index (Phi) is 4.63. The van der Waals surface area contributed by atoms with E-state index in [1.165, 1.54) is 0 Å². The molecule has 2 aromatic rings. The zero-order chi connectivity index (χ0) is 16.4. The van der Waals surface area contributed by atoms with Gasteiger partial charge >= 0.3 is 0 Å². The Labute approximate surface area is 140 Å². The first-order chi connectivity index (χ1) is 11.1. The largest absolute Gasteiger partial charge is 0.368 e. The van der Waals surface area contributed by atoms with E-state index in [0.29, 0.717) is 6.04 Å². The first kappa shape index (κ1) is 16.0. The summed E-state index contributed by atoms with van der Waals surface area (Å²) in [5.74, 6) is -0.290. The predicted octanol–water partition coefficient (Wildman–Crippen LogP) is 2.19. The number of benzene rings is 1. The summed E-state index contributed by atoms with van der Waals surface area (Å²) in [5, 5.41) is 3.13. The number of nitrogens with two attached hydrogens (primary N) is 1. The molecule has 1 aliphatic rings. The Morgan fingerprint density at radius 1 is 1.35 bits per heavy atom. The summed E-state index contributed by atoms with van der Waals surface area (Å²) in [6.07, 6.45) is 0. The molecule has 122 valence electrons. The van der Waals surface area contributed by atoms with Gasteiger partial charge in [0.15, 0.2) is 5.13 Å². The van der Waals surface area contributed by atoms with Crippen molar-refractivity contribution >= 4 is 22.4 Å². The number of hydrogen-bond acceptors (Lipinski definition) is 5. The van der Waals surface area contributed by atoms with Crippen LogP contribution >= 0.6 is 11.3 Å². The van der Waals surface area contributed by atoms with Gasteiger partial charge in [0.2, 0.25) is 5.91 Å². The smallest absolute Gasteiger partial charge is 0.239 e. The molecule has 1 aromatic heterocycles. The summed E-state index contributed by atoms with van der Waals surface area (Å²) in [6, 6.07) is 9.71. The molecule has 1 aliphatic heterocycles. The molecular formula is C17H22N4OS. The highest BCUT2D eigenvalue weighted by molar-refractivity contribution is 7.13. The molecular weight excluding hydrogens is 308 g/mol. The molecule has 3 rings (SSSR count). The van der Waals surface area contributed by atoms with E-state index in [0.717, 1.165) is 36.0 Å². The molecule has 6 heteroatoms. The highest BCUT2D eigenvalue weighted by atomic mass is 32.1. The lowest BCUT2D eigenvalue weighted by Gasteiger charge is -2.42. The van der Waals surface area contributed by atoms with Crippen LogP contribution in [0, 0.1) is 6.92 Å². The second-order valence-electron chi connectivity index (χ2n) is 6.02. The molecule has 2 N–H and O–H groups in total. The summed E-state index contributed by atoms with van der Waals surface area (Å²) < 4.78 is 0. The van der Waals surface area contributed by atoms with Crippen LogP contribution in [0.1, 0.15) is 24.2 Å². The van der Waals surface area contributed by atoms with Gasteiger partial charge in [0.1, 0.15) is 6.04 Å². The van der Waals surface area contributed by atoms with Gasteiger partial charge in [-0.1, -0.05) is 30.3 Å². The molecule has 2 heterocycles. The minimum Gasteiger partial charge on any atom is -0.368 e. The monoisotopic (exact) mass is 330 g/mol. The van der Waals surface area contributed by atoms with Crippen molar-refractivity contribution in [3.05, 3.63) is 47.0 Å². The van der Waals surface area contributed by atoms with Gasteiger partial charge in [0.25, 0.3) is 0 Å². The van der Waals surface area contributed by atoms with Crippen LogP contribution in [0.25, 0.3) is 0 Å². The molecule has 0 saturated carbocycles. The molecule has 1 fully saturated rings. The Morgan fingerprint density at radius 3 is 2.65 bits per heavy atom. The number of carbonyl (C=O) groups excluding carboxylic acids is 1. The van der Waals surface area contributed by atoms with Crippen LogP contribution in [0.15, 0.2) is 35.7 Å². The molecule has 2 atom stereocenters. The molecule has 23 heavy (non-hydrogen) atoms. The second kappa shape index (κ2) is 6.68. The Morgan fingerprint density at radius 2 is 2.09 bits per heavy atom. The van der Waals surface area contributed by atoms with Crippen molar-refractivity contribution in [2.75, 3.05) is 24.5 Å². The van der Waals surface area contributed by atoms with Gasteiger partial charge in [-0.15, -0.1) is 11.3 Å². The lowest BCUT2D eigenvalue weighted by molar-refractivity contribution is -0.123. The summed E-state index contributed by atoms with van der Waals surface area (Å²) in [7, 11) is 0. The number of anilines is 1. The topological polar surface area (TPSA) is 62.5 Å². The number of piperazine rings is 1. The van der Waals surface area contributed by atoms with Crippen LogP contribution in [-0.4, -0.2) is 41.5 Å². The van der Waals surface area contributed by atoms with Crippen molar-refractivity contribution in [1.29, 1.82) is 0 Å². The van der Waals surface area contributed by atoms with Gasteiger partial charge in [-0.25, -0.2) is 4.98 Å². The SMILES string of the molecule is Cc1csc(N2CCN([C@H](C(N)=O)c3ccccc3)C[C@H]2C)n1. The fraction of sp³-hybridized carbons (Fsp3) is 0.412. The van der Waals surface area contributed by atoms with Crippen LogP contribution in [0.3, 0.4) is 0 Å². The molecule has 0 bridgehead atoms. The van der Waals surface area contributed by atoms with Gasteiger partial charge < -0.3 is 10.6 Å². The normalized spacial score (nSPS) is 20.4. The second-order valence-corrected chi connectivity index (χ2v) is 6.86. The van der Waals surface area contributed by atoms with E-state index in [1.807, 2.05) is 37.3 Å². The molecule has 5 nitrogen and oxygen atoms in total. The molecule has 0 radical (unpaired) electrons. The van der Waals surface area contributed by atoms with Crippen LogP contribution in [0.5, 0.6) is 0 Å². The van der Waals surface area contributed by atoms with E-state index in [1.54, 1.807) is 11.3 Å². The zero-order valence-electron chi connectivity index (χ0n) is 13.5. The van der Waals surface area contributed by atoms with E-state index in [9.17, 15) is 4.79 Å².